The molecule has 7 nitrogen and oxygen atoms in total. The molecule has 2 amide bonds. The van der Waals surface area contributed by atoms with Crippen molar-refractivity contribution >= 4 is 12.2 Å². The lowest BCUT2D eigenvalue weighted by molar-refractivity contribution is 0.0478. The molecule has 0 rings (SSSR count). The van der Waals surface area contributed by atoms with E-state index in [0.29, 0.717) is 19.4 Å². The highest BCUT2D eigenvalue weighted by atomic mass is 16.6. The summed E-state index contributed by atoms with van der Waals surface area (Å²) in [7, 11) is 0. The number of carbonyl (C=O) groups excluding carboxylic acids is 2. The molecule has 0 aromatic heterocycles. The third kappa shape index (κ3) is 12.7. The van der Waals surface area contributed by atoms with E-state index in [2.05, 4.69) is 10.6 Å². The van der Waals surface area contributed by atoms with E-state index in [1.165, 1.54) is 0 Å². The Morgan fingerprint density at radius 2 is 1.35 bits per heavy atom. The number of amides is 2. The lowest BCUT2D eigenvalue weighted by Gasteiger charge is -2.24. The van der Waals surface area contributed by atoms with Gasteiger partial charge in [0.15, 0.2) is 0 Å². The van der Waals surface area contributed by atoms with E-state index in [9.17, 15) is 9.59 Å². The van der Waals surface area contributed by atoms with Gasteiger partial charge in [-0.15, -0.1) is 0 Å². The van der Waals surface area contributed by atoms with E-state index in [4.69, 9.17) is 15.2 Å². The van der Waals surface area contributed by atoms with Crippen molar-refractivity contribution in [1.29, 1.82) is 0 Å². The number of nitrogens with two attached hydrogens (primary N) is 1. The van der Waals surface area contributed by atoms with Crippen LogP contribution >= 0.6 is 0 Å². The molecule has 0 bridgehead atoms. The topological polar surface area (TPSA) is 103 Å². The highest BCUT2D eigenvalue weighted by Gasteiger charge is 2.21. The van der Waals surface area contributed by atoms with Crippen LogP contribution in [0, 0.1) is 0 Å². The standard InChI is InChI=1S/C16H33N3O4/c1-11(18-13(20)22-15(2,3)4)8-9-12(10-17)19-14(21)23-16(5,6)7/h11-12H,8-10,17H2,1-7H3,(H,18,20)(H,19,21). The van der Waals surface area contributed by atoms with E-state index < -0.39 is 23.4 Å². The first-order valence-electron chi connectivity index (χ1n) is 8.01. The van der Waals surface area contributed by atoms with Gasteiger partial charge in [0.1, 0.15) is 11.2 Å². The SMILES string of the molecule is CC(CCC(CN)NC(=O)OC(C)(C)C)NC(=O)OC(C)(C)C. The third-order valence-electron chi connectivity index (χ3n) is 2.72. The minimum absolute atomic E-state index is 0.0839. The molecular weight excluding hydrogens is 298 g/mol. The number of hydrogen-bond donors (Lipinski definition) is 3. The highest BCUT2D eigenvalue weighted by molar-refractivity contribution is 5.68. The Kier molecular flexibility index (Phi) is 8.37. The molecular formula is C16H33N3O4. The number of carbonyl (C=O) groups is 2. The number of alkyl carbamates (subject to hydrolysis) is 2. The summed E-state index contributed by atoms with van der Waals surface area (Å²) < 4.78 is 10.4. The van der Waals surface area contributed by atoms with Crippen molar-refractivity contribution in [2.45, 2.75) is 84.6 Å². The Balaban J connectivity index is 4.20. The van der Waals surface area contributed by atoms with Gasteiger partial charge in [0.2, 0.25) is 0 Å². The van der Waals surface area contributed by atoms with Crippen molar-refractivity contribution in [2.24, 2.45) is 5.73 Å². The predicted octanol–water partition coefficient (Wildman–Crippen LogP) is 2.53. The van der Waals surface area contributed by atoms with Crippen LogP contribution in [-0.2, 0) is 9.47 Å². The summed E-state index contributed by atoms with van der Waals surface area (Å²) in [4.78, 5) is 23.4. The molecule has 136 valence electrons. The van der Waals surface area contributed by atoms with Gasteiger partial charge in [-0.3, -0.25) is 0 Å². The zero-order valence-corrected chi connectivity index (χ0v) is 15.5. The van der Waals surface area contributed by atoms with Crippen molar-refractivity contribution in [1.82, 2.24) is 10.6 Å². The number of rotatable bonds is 6. The fourth-order valence-electron chi connectivity index (χ4n) is 1.76. The van der Waals surface area contributed by atoms with Gasteiger partial charge in [0, 0.05) is 18.6 Å². The Hall–Kier alpha value is -1.50. The molecule has 2 atom stereocenters. The van der Waals surface area contributed by atoms with Crippen molar-refractivity contribution in [3.8, 4) is 0 Å². The monoisotopic (exact) mass is 331 g/mol. The Morgan fingerprint density at radius 1 is 0.913 bits per heavy atom. The third-order valence-corrected chi connectivity index (χ3v) is 2.72. The molecule has 0 saturated heterocycles. The molecule has 0 aromatic carbocycles. The minimum atomic E-state index is -0.547. The van der Waals surface area contributed by atoms with Crippen LogP contribution in [0.2, 0.25) is 0 Å². The van der Waals surface area contributed by atoms with Gasteiger partial charge in [-0.05, 0) is 61.3 Å². The largest absolute Gasteiger partial charge is 0.444 e. The first-order chi connectivity index (χ1) is 10.3. The van der Waals surface area contributed by atoms with Crippen LogP contribution < -0.4 is 16.4 Å². The average molecular weight is 331 g/mol. The van der Waals surface area contributed by atoms with Crippen LogP contribution in [0.25, 0.3) is 0 Å². The molecule has 23 heavy (non-hydrogen) atoms. The van der Waals surface area contributed by atoms with E-state index in [1.807, 2.05) is 27.7 Å². The van der Waals surface area contributed by atoms with Crippen molar-refractivity contribution in [2.75, 3.05) is 6.54 Å². The molecule has 0 aliphatic heterocycles. The van der Waals surface area contributed by atoms with Gasteiger partial charge in [0.25, 0.3) is 0 Å². The molecule has 2 unspecified atom stereocenters. The molecule has 0 heterocycles. The van der Waals surface area contributed by atoms with E-state index >= 15 is 0 Å². The fraction of sp³-hybridized carbons (Fsp3) is 0.875. The lowest BCUT2D eigenvalue weighted by Crippen LogP contribution is -2.44. The highest BCUT2D eigenvalue weighted by Crippen LogP contribution is 2.09. The molecule has 0 spiro atoms. The van der Waals surface area contributed by atoms with E-state index in [1.54, 1.807) is 20.8 Å². The maximum atomic E-state index is 11.7. The summed E-state index contributed by atoms with van der Waals surface area (Å²) >= 11 is 0. The second kappa shape index (κ2) is 8.96. The summed E-state index contributed by atoms with van der Waals surface area (Å²) in [6, 6.07) is -0.285. The zero-order valence-electron chi connectivity index (χ0n) is 15.5. The van der Waals surface area contributed by atoms with Gasteiger partial charge in [-0.1, -0.05) is 0 Å². The molecule has 0 aliphatic rings. The van der Waals surface area contributed by atoms with Crippen molar-refractivity contribution in [3.05, 3.63) is 0 Å². The quantitative estimate of drug-likeness (QED) is 0.694. The van der Waals surface area contributed by atoms with Gasteiger partial charge in [-0.2, -0.15) is 0 Å². The van der Waals surface area contributed by atoms with E-state index in [0.717, 1.165) is 0 Å². The summed E-state index contributed by atoms with van der Waals surface area (Å²) in [5.41, 5.74) is 4.60. The molecule has 0 radical (unpaired) electrons. The Labute approximate surface area is 139 Å². The van der Waals surface area contributed by atoms with Crippen molar-refractivity contribution < 1.29 is 19.1 Å². The number of ether oxygens (including phenoxy) is 2. The summed E-state index contributed by atoms with van der Waals surface area (Å²) in [6.07, 6.45) is 0.360. The Bertz CT molecular complexity index is 386. The van der Waals surface area contributed by atoms with Crippen molar-refractivity contribution in [3.63, 3.8) is 0 Å². The second-order valence-corrected chi connectivity index (χ2v) is 7.70. The molecule has 0 aromatic rings. The molecule has 0 saturated carbocycles. The maximum Gasteiger partial charge on any atom is 0.407 e. The average Bonchev–Trinajstić information content (AvgIpc) is 2.29. The molecule has 0 fully saturated rings. The van der Waals surface area contributed by atoms with Crippen LogP contribution in [0.3, 0.4) is 0 Å². The normalized spacial score (nSPS) is 14.6. The number of nitrogens with one attached hydrogen (secondary N) is 2. The number of hydrogen-bond acceptors (Lipinski definition) is 5. The predicted molar refractivity (Wildman–Crippen MR) is 90.3 cm³/mol. The molecule has 7 heteroatoms. The molecule has 0 aliphatic carbocycles. The first kappa shape index (κ1) is 21.5. The summed E-state index contributed by atoms with van der Waals surface area (Å²) in [5, 5.41) is 5.50. The van der Waals surface area contributed by atoms with Gasteiger partial charge in [-0.25, -0.2) is 9.59 Å². The summed E-state index contributed by atoms with van der Waals surface area (Å²) in [5.74, 6) is 0. The maximum absolute atomic E-state index is 11.7. The van der Waals surface area contributed by atoms with Crippen LogP contribution in [0.1, 0.15) is 61.3 Å². The Morgan fingerprint density at radius 3 is 1.74 bits per heavy atom. The van der Waals surface area contributed by atoms with E-state index in [-0.39, 0.29) is 12.1 Å². The van der Waals surface area contributed by atoms with Crippen LogP contribution in [0.15, 0.2) is 0 Å². The molecule has 4 N–H and O–H groups in total. The van der Waals surface area contributed by atoms with Gasteiger partial charge < -0.3 is 25.8 Å². The zero-order chi connectivity index (χ0) is 18.3. The summed E-state index contributed by atoms with van der Waals surface area (Å²) in [6.45, 7) is 13.0. The first-order valence-corrected chi connectivity index (χ1v) is 8.01. The smallest absolute Gasteiger partial charge is 0.407 e. The van der Waals surface area contributed by atoms with Crippen LogP contribution in [0.4, 0.5) is 9.59 Å². The lowest BCUT2D eigenvalue weighted by atomic mass is 10.1. The van der Waals surface area contributed by atoms with Gasteiger partial charge in [0.05, 0.1) is 0 Å². The minimum Gasteiger partial charge on any atom is -0.444 e. The van der Waals surface area contributed by atoms with Crippen LogP contribution in [-0.4, -0.2) is 42.0 Å². The second-order valence-electron chi connectivity index (χ2n) is 7.70. The van der Waals surface area contributed by atoms with Crippen LogP contribution in [0.5, 0.6) is 0 Å². The van der Waals surface area contributed by atoms with Gasteiger partial charge >= 0.3 is 12.2 Å². The fourth-order valence-corrected chi connectivity index (χ4v) is 1.76.